The molecule has 1 amide bonds. The van der Waals surface area contributed by atoms with E-state index >= 15 is 4.39 Å². The molecule has 3 heterocycles. The van der Waals surface area contributed by atoms with E-state index in [4.69, 9.17) is 5.26 Å². The first-order chi connectivity index (χ1) is 19.8. The molecule has 2 unspecified atom stereocenters. The maximum atomic E-state index is 15.0. The molecular weight excluding hydrogens is 519 g/mol. The lowest BCUT2D eigenvalue weighted by molar-refractivity contribution is -0.405. The smallest absolute Gasteiger partial charge is 0.335 e. The first-order valence-electron chi connectivity index (χ1n) is 13.7. The Morgan fingerprint density at radius 1 is 1.20 bits per heavy atom. The molecule has 2 aromatic carbocycles. The molecule has 0 bridgehead atoms. The Kier molecular flexibility index (Phi) is 8.02. The van der Waals surface area contributed by atoms with E-state index in [2.05, 4.69) is 23.1 Å². The number of nitrogens with zero attached hydrogens (tertiary/aromatic N) is 6. The van der Waals surface area contributed by atoms with Crippen LogP contribution < -0.4 is 0 Å². The highest BCUT2D eigenvalue weighted by molar-refractivity contribution is 5.96. The molecular formula is C32H32FN6O2+. The van der Waals surface area contributed by atoms with Crippen molar-refractivity contribution in [3.05, 3.63) is 78.5 Å². The van der Waals surface area contributed by atoms with Crippen LogP contribution in [0.1, 0.15) is 43.0 Å². The Morgan fingerprint density at radius 2 is 1.98 bits per heavy atom. The summed E-state index contributed by atoms with van der Waals surface area (Å²) in [6, 6.07) is 18.0. The monoisotopic (exact) mass is 551 g/mol. The van der Waals surface area contributed by atoms with Crippen LogP contribution in [0, 0.1) is 29.0 Å². The first kappa shape index (κ1) is 27.8. The number of nitriles is 1. The van der Waals surface area contributed by atoms with Gasteiger partial charge in [-0.05, 0) is 47.5 Å². The lowest BCUT2D eigenvalue weighted by Crippen LogP contribution is -2.44. The lowest BCUT2D eigenvalue weighted by atomic mass is 9.87. The molecule has 0 N–H and O–H groups in total. The summed E-state index contributed by atoms with van der Waals surface area (Å²) in [5.41, 5.74) is 2.31. The van der Waals surface area contributed by atoms with E-state index in [9.17, 15) is 9.59 Å². The van der Waals surface area contributed by atoms with Crippen molar-refractivity contribution in [3.63, 3.8) is 0 Å². The van der Waals surface area contributed by atoms with Crippen molar-refractivity contribution in [3.8, 4) is 17.2 Å². The van der Waals surface area contributed by atoms with Crippen molar-refractivity contribution in [1.29, 1.82) is 5.26 Å². The van der Waals surface area contributed by atoms with E-state index in [0.717, 1.165) is 12.0 Å². The van der Waals surface area contributed by atoms with Crippen LogP contribution >= 0.6 is 0 Å². The quantitative estimate of drug-likeness (QED) is 0.235. The standard InChI is InChI=1S/C32H32FN6O2/c1-21-12-15-38(29(40)11-14-34)19-25(21)18-37(3)30-27-13-16-39(31(27)36-20-35-30)32(41)22(2)24-9-10-26(28(33)17-24)23-7-5-4-6-8-23/h4-10,13,16-18,20-22,25H,11-12,15,19H2,1-3H3/q+1/b37-18-/t21-,22?,25?/m1/s1. The summed E-state index contributed by atoms with van der Waals surface area (Å²) in [5, 5.41) is 9.62. The van der Waals surface area contributed by atoms with Crippen molar-refractivity contribution in [2.75, 3.05) is 20.1 Å². The van der Waals surface area contributed by atoms with E-state index in [1.807, 2.05) is 54.1 Å². The summed E-state index contributed by atoms with van der Waals surface area (Å²) in [7, 11) is 1.89. The molecule has 5 rings (SSSR count). The molecule has 0 saturated carbocycles. The maximum absolute atomic E-state index is 15.0. The zero-order chi connectivity index (χ0) is 29.1. The van der Waals surface area contributed by atoms with Crippen LogP contribution in [0.3, 0.4) is 0 Å². The molecule has 8 nitrogen and oxygen atoms in total. The highest BCUT2D eigenvalue weighted by atomic mass is 19.1. The fourth-order valence-corrected chi connectivity index (χ4v) is 5.46. The van der Waals surface area contributed by atoms with Crippen LogP contribution in [0.15, 0.2) is 67.1 Å². The molecule has 4 aromatic rings. The minimum absolute atomic E-state index is 0.0823. The predicted molar refractivity (Wildman–Crippen MR) is 154 cm³/mol. The molecule has 1 saturated heterocycles. The summed E-state index contributed by atoms with van der Waals surface area (Å²) < 4.78 is 18.4. The maximum Gasteiger partial charge on any atom is 0.335 e. The van der Waals surface area contributed by atoms with Gasteiger partial charge in [0.25, 0.3) is 0 Å². The average molecular weight is 552 g/mol. The first-order valence-corrected chi connectivity index (χ1v) is 13.7. The summed E-state index contributed by atoms with van der Waals surface area (Å²) >= 11 is 0. The van der Waals surface area contributed by atoms with Gasteiger partial charge in [-0.15, -0.1) is 0 Å². The minimum atomic E-state index is -0.604. The third kappa shape index (κ3) is 5.64. The number of hydrogen-bond donors (Lipinski definition) is 0. The van der Waals surface area contributed by atoms with Gasteiger partial charge >= 0.3 is 5.82 Å². The SMILES string of the molecule is CC(C(=O)n1ccc2c(/[N+](C)=C\C3CN(C(=O)CC#N)CC[C@H]3C)ncnc21)c1ccc(-c2ccccc2)c(F)c1. The number of rotatable bonds is 6. The highest BCUT2D eigenvalue weighted by Crippen LogP contribution is 2.29. The number of halogens is 1. The van der Waals surface area contributed by atoms with E-state index in [1.165, 1.54) is 17.0 Å². The van der Waals surface area contributed by atoms with Gasteiger partial charge in [-0.3, -0.25) is 14.2 Å². The van der Waals surface area contributed by atoms with Gasteiger partial charge < -0.3 is 4.90 Å². The molecule has 1 aliphatic heterocycles. The topological polar surface area (TPSA) is 94.9 Å². The zero-order valence-corrected chi connectivity index (χ0v) is 23.4. The summed E-state index contributed by atoms with van der Waals surface area (Å²) in [6.45, 7) is 5.10. The second kappa shape index (κ2) is 11.8. The number of amides is 1. The normalized spacial score (nSPS) is 18.2. The van der Waals surface area contributed by atoms with Gasteiger partial charge in [-0.25, -0.2) is 8.97 Å². The van der Waals surface area contributed by atoms with Crippen molar-refractivity contribution in [2.24, 2.45) is 11.8 Å². The number of likely N-dealkylation sites (tertiary alicyclic amines) is 1. The predicted octanol–water partition coefficient (Wildman–Crippen LogP) is 5.42. The number of aromatic nitrogens is 3. The molecule has 1 aliphatic rings. The van der Waals surface area contributed by atoms with E-state index in [0.29, 0.717) is 47.0 Å². The minimum Gasteiger partial charge on any atom is -0.341 e. The Hall–Kier alpha value is -4.71. The highest BCUT2D eigenvalue weighted by Gasteiger charge is 2.30. The van der Waals surface area contributed by atoms with Gasteiger partial charge in [-0.1, -0.05) is 49.4 Å². The Morgan fingerprint density at radius 3 is 2.71 bits per heavy atom. The molecule has 1 fully saturated rings. The molecule has 41 heavy (non-hydrogen) atoms. The number of hydrogen-bond acceptors (Lipinski definition) is 5. The van der Waals surface area contributed by atoms with Crippen LogP contribution in [0.5, 0.6) is 0 Å². The molecule has 3 atom stereocenters. The third-order valence-corrected chi connectivity index (χ3v) is 7.99. The molecule has 2 aromatic heterocycles. The summed E-state index contributed by atoms with van der Waals surface area (Å²) in [6.07, 6.45) is 5.89. The van der Waals surface area contributed by atoms with E-state index in [1.54, 1.807) is 30.2 Å². The summed E-state index contributed by atoms with van der Waals surface area (Å²) in [5.74, 6) is -0.287. The van der Waals surface area contributed by atoms with Gasteiger partial charge in [0.15, 0.2) is 5.65 Å². The van der Waals surface area contributed by atoms with Crippen LogP contribution in [0.25, 0.3) is 22.2 Å². The van der Waals surface area contributed by atoms with Crippen molar-refractivity contribution in [2.45, 2.75) is 32.6 Å². The van der Waals surface area contributed by atoms with Crippen molar-refractivity contribution in [1.82, 2.24) is 19.4 Å². The number of carbonyl (C=O) groups is 2. The van der Waals surface area contributed by atoms with Crippen LogP contribution in [-0.4, -0.2) is 62.2 Å². The largest absolute Gasteiger partial charge is 0.341 e. The second-order valence-electron chi connectivity index (χ2n) is 10.6. The number of benzene rings is 2. The van der Waals surface area contributed by atoms with Gasteiger partial charge in [0, 0.05) is 30.8 Å². The molecule has 0 radical (unpaired) electrons. The van der Waals surface area contributed by atoms with Gasteiger partial charge in [0.05, 0.1) is 25.2 Å². The Balaban J connectivity index is 1.40. The number of piperidine rings is 1. The second-order valence-corrected chi connectivity index (χ2v) is 10.6. The van der Waals surface area contributed by atoms with E-state index in [-0.39, 0.29) is 30.0 Å². The third-order valence-electron chi connectivity index (χ3n) is 7.99. The fourth-order valence-electron chi connectivity index (χ4n) is 5.46. The van der Waals surface area contributed by atoms with Crippen LogP contribution in [0.4, 0.5) is 10.2 Å². The van der Waals surface area contributed by atoms with Crippen molar-refractivity contribution >= 4 is 34.9 Å². The van der Waals surface area contributed by atoms with E-state index < -0.39 is 5.92 Å². The summed E-state index contributed by atoms with van der Waals surface area (Å²) in [4.78, 5) is 36.5. The zero-order valence-electron chi connectivity index (χ0n) is 23.4. The van der Waals surface area contributed by atoms with Gasteiger partial charge in [0.1, 0.15) is 17.6 Å². The van der Waals surface area contributed by atoms with Crippen molar-refractivity contribution < 1.29 is 18.6 Å². The fraction of sp³-hybridized carbons (Fsp3) is 0.312. The molecule has 208 valence electrons. The molecule has 9 heteroatoms. The lowest BCUT2D eigenvalue weighted by Gasteiger charge is -2.34. The Bertz CT molecular complexity index is 1670. The van der Waals surface area contributed by atoms with Crippen LogP contribution in [0.2, 0.25) is 0 Å². The number of carbonyl (C=O) groups excluding carboxylic acids is 2. The van der Waals surface area contributed by atoms with Gasteiger partial charge in [0.2, 0.25) is 18.1 Å². The van der Waals surface area contributed by atoms with Crippen LogP contribution in [-0.2, 0) is 4.79 Å². The molecule has 0 aliphatic carbocycles. The number of fused-ring (bicyclic) bond motifs is 1. The molecule has 0 spiro atoms. The van der Waals surface area contributed by atoms with Gasteiger partial charge in [-0.2, -0.15) is 10.2 Å². The average Bonchev–Trinajstić information content (AvgIpc) is 3.42. The Labute approximate surface area is 238 Å².